The molecule has 1 atom stereocenters. The van der Waals surface area contributed by atoms with E-state index in [1.165, 1.54) is 0 Å². The van der Waals surface area contributed by atoms with Gasteiger partial charge in [0.1, 0.15) is 0 Å². The van der Waals surface area contributed by atoms with Gasteiger partial charge in [-0.2, -0.15) is 0 Å². The Morgan fingerprint density at radius 1 is 1.58 bits per heavy atom. The Morgan fingerprint density at radius 2 is 2.47 bits per heavy atom. The fraction of sp³-hybridized carbons (Fsp3) is 0.467. The summed E-state index contributed by atoms with van der Waals surface area (Å²) in [6, 6.07) is 3.77. The number of amides is 1. The maximum Gasteiger partial charge on any atom is 0.246 e. The van der Waals surface area contributed by atoms with Crippen molar-refractivity contribution in [3.05, 3.63) is 36.2 Å². The van der Waals surface area contributed by atoms with Crippen molar-refractivity contribution in [1.29, 1.82) is 0 Å². The molecule has 1 aromatic rings. The molecule has 1 aliphatic rings. The summed E-state index contributed by atoms with van der Waals surface area (Å²) in [6.45, 7) is 1.78. The van der Waals surface area contributed by atoms with Gasteiger partial charge in [0, 0.05) is 38.2 Å². The smallest absolute Gasteiger partial charge is 0.246 e. The first-order chi connectivity index (χ1) is 9.29. The number of hydrogen-bond donors (Lipinski definition) is 1. The highest BCUT2D eigenvalue weighted by atomic mass is 16.3. The molecule has 1 aromatic heterocycles. The van der Waals surface area contributed by atoms with Gasteiger partial charge >= 0.3 is 0 Å². The second-order valence-electron chi connectivity index (χ2n) is 4.92. The highest BCUT2D eigenvalue weighted by Crippen LogP contribution is 2.19. The number of piperidine rings is 1. The second-order valence-corrected chi connectivity index (χ2v) is 4.92. The Balaban J connectivity index is 1.90. The summed E-state index contributed by atoms with van der Waals surface area (Å²) < 4.78 is 0. The summed E-state index contributed by atoms with van der Waals surface area (Å²) in [5.74, 6) is 0.487. The molecule has 0 saturated carbocycles. The van der Waals surface area contributed by atoms with Crippen LogP contribution in [0, 0.1) is 5.92 Å². The van der Waals surface area contributed by atoms with Gasteiger partial charge in [0.05, 0.1) is 0 Å². The van der Waals surface area contributed by atoms with Crippen LogP contribution in [0.15, 0.2) is 30.6 Å². The molecule has 1 aliphatic heterocycles. The van der Waals surface area contributed by atoms with Gasteiger partial charge in [-0.15, -0.1) is 0 Å². The lowest BCUT2D eigenvalue weighted by Crippen LogP contribution is -2.39. The number of aromatic nitrogens is 1. The van der Waals surface area contributed by atoms with Crippen molar-refractivity contribution in [2.75, 3.05) is 19.7 Å². The largest absolute Gasteiger partial charge is 0.396 e. The zero-order chi connectivity index (χ0) is 13.5. The second kappa shape index (κ2) is 7.04. The summed E-state index contributed by atoms with van der Waals surface area (Å²) in [4.78, 5) is 18.0. The minimum absolute atomic E-state index is 0.0477. The van der Waals surface area contributed by atoms with Crippen LogP contribution in [0.3, 0.4) is 0 Å². The van der Waals surface area contributed by atoms with Crippen LogP contribution in [-0.2, 0) is 4.79 Å². The fourth-order valence-electron chi connectivity index (χ4n) is 2.43. The minimum Gasteiger partial charge on any atom is -0.396 e. The van der Waals surface area contributed by atoms with Gasteiger partial charge in [0.15, 0.2) is 0 Å². The summed E-state index contributed by atoms with van der Waals surface area (Å²) in [5.41, 5.74) is 0.930. The molecule has 1 saturated heterocycles. The third kappa shape index (κ3) is 4.17. The molecule has 4 nitrogen and oxygen atoms in total. The lowest BCUT2D eigenvalue weighted by atomic mass is 9.95. The van der Waals surface area contributed by atoms with Gasteiger partial charge in [-0.3, -0.25) is 9.78 Å². The van der Waals surface area contributed by atoms with Crippen molar-refractivity contribution >= 4 is 12.0 Å². The Morgan fingerprint density at radius 3 is 3.21 bits per heavy atom. The van der Waals surface area contributed by atoms with Crippen LogP contribution >= 0.6 is 0 Å². The predicted molar refractivity (Wildman–Crippen MR) is 74.3 cm³/mol. The third-order valence-corrected chi connectivity index (χ3v) is 3.47. The molecule has 0 radical (unpaired) electrons. The van der Waals surface area contributed by atoms with Gasteiger partial charge in [0.2, 0.25) is 5.91 Å². The van der Waals surface area contributed by atoms with Gasteiger partial charge < -0.3 is 10.0 Å². The number of carbonyl (C=O) groups excluding carboxylic acids is 1. The van der Waals surface area contributed by atoms with Crippen molar-refractivity contribution in [3.63, 3.8) is 0 Å². The summed E-state index contributed by atoms with van der Waals surface area (Å²) in [7, 11) is 0. The predicted octanol–water partition coefficient (Wildman–Crippen LogP) is 1.72. The van der Waals surface area contributed by atoms with E-state index in [1.54, 1.807) is 24.5 Å². The van der Waals surface area contributed by atoms with Crippen LogP contribution in [0.25, 0.3) is 6.08 Å². The Kier molecular flexibility index (Phi) is 5.10. The lowest BCUT2D eigenvalue weighted by molar-refractivity contribution is -0.127. The van der Waals surface area contributed by atoms with E-state index in [0.717, 1.165) is 37.9 Å². The monoisotopic (exact) mass is 260 g/mol. The van der Waals surface area contributed by atoms with Crippen LogP contribution in [0.2, 0.25) is 0 Å². The molecule has 1 amide bonds. The van der Waals surface area contributed by atoms with E-state index in [1.807, 2.05) is 17.0 Å². The van der Waals surface area contributed by atoms with Crippen LogP contribution in [0.4, 0.5) is 0 Å². The molecular formula is C15H20N2O2. The zero-order valence-corrected chi connectivity index (χ0v) is 11.0. The molecule has 1 fully saturated rings. The van der Waals surface area contributed by atoms with E-state index in [4.69, 9.17) is 5.11 Å². The molecule has 0 spiro atoms. The van der Waals surface area contributed by atoms with E-state index in [0.29, 0.717) is 5.92 Å². The Bertz CT molecular complexity index is 429. The number of rotatable bonds is 4. The van der Waals surface area contributed by atoms with Gasteiger partial charge in [0.25, 0.3) is 0 Å². The fourth-order valence-corrected chi connectivity index (χ4v) is 2.43. The molecular weight excluding hydrogens is 240 g/mol. The molecule has 102 valence electrons. The molecule has 0 aliphatic carbocycles. The maximum atomic E-state index is 12.1. The average molecular weight is 260 g/mol. The van der Waals surface area contributed by atoms with Gasteiger partial charge in [-0.25, -0.2) is 0 Å². The highest BCUT2D eigenvalue weighted by molar-refractivity contribution is 5.91. The topological polar surface area (TPSA) is 53.4 Å². The third-order valence-electron chi connectivity index (χ3n) is 3.47. The molecule has 1 N–H and O–H groups in total. The van der Waals surface area contributed by atoms with E-state index >= 15 is 0 Å². The van der Waals surface area contributed by atoms with Crippen molar-refractivity contribution in [2.45, 2.75) is 19.3 Å². The quantitative estimate of drug-likeness (QED) is 0.839. The molecule has 4 heteroatoms. The number of aliphatic hydroxyl groups excluding tert-OH is 1. The van der Waals surface area contributed by atoms with Crippen molar-refractivity contribution in [2.24, 2.45) is 5.92 Å². The molecule has 2 heterocycles. The van der Waals surface area contributed by atoms with Gasteiger partial charge in [-0.05, 0) is 42.9 Å². The van der Waals surface area contributed by atoms with Crippen LogP contribution in [0.5, 0.6) is 0 Å². The first-order valence-electron chi connectivity index (χ1n) is 6.77. The maximum absolute atomic E-state index is 12.1. The van der Waals surface area contributed by atoms with E-state index in [2.05, 4.69) is 4.98 Å². The molecule has 0 bridgehead atoms. The number of likely N-dealkylation sites (tertiary alicyclic amines) is 1. The zero-order valence-electron chi connectivity index (χ0n) is 11.0. The standard InChI is InChI=1S/C15H20N2O2/c18-10-7-14-4-2-9-17(12-14)15(19)6-5-13-3-1-8-16-11-13/h1,3,5-6,8,11,14,18H,2,4,7,9-10,12H2. The summed E-state index contributed by atoms with van der Waals surface area (Å²) >= 11 is 0. The minimum atomic E-state index is 0.0477. The first-order valence-corrected chi connectivity index (χ1v) is 6.77. The number of aliphatic hydroxyl groups is 1. The number of pyridine rings is 1. The number of hydrogen-bond acceptors (Lipinski definition) is 3. The SMILES string of the molecule is O=C(C=Cc1cccnc1)N1CCCC(CCO)C1. The normalized spacial score (nSPS) is 19.8. The molecule has 19 heavy (non-hydrogen) atoms. The van der Waals surface area contributed by atoms with Crippen LogP contribution in [-0.4, -0.2) is 40.6 Å². The van der Waals surface area contributed by atoms with Crippen LogP contribution < -0.4 is 0 Å². The van der Waals surface area contributed by atoms with E-state index in [-0.39, 0.29) is 12.5 Å². The lowest BCUT2D eigenvalue weighted by Gasteiger charge is -2.31. The summed E-state index contributed by atoms with van der Waals surface area (Å²) in [6.07, 6.45) is 9.77. The Labute approximate surface area is 113 Å². The first kappa shape index (κ1) is 13.7. The van der Waals surface area contributed by atoms with Gasteiger partial charge in [-0.1, -0.05) is 6.07 Å². The summed E-state index contributed by atoms with van der Waals surface area (Å²) in [5, 5.41) is 8.97. The van der Waals surface area contributed by atoms with Crippen molar-refractivity contribution < 1.29 is 9.90 Å². The van der Waals surface area contributed by atoms with E-state index < -0.39 is 0 Å². The van der Waals surface area contributed by atoms with Crippen LogP contribution in [0.1, 0.15) is 24.8 Å². The average Bonchev–Trinajstić information content (AvgIpc) is 2.46. The molecule has 2 rings (SSSR count). The molecule has 1 unspecified atom stereocenters. The van der Waals surface area contributed by atoms with Crippen molar-refractivity contribution in [1.82, 2.24) is 9.88 Å². The number of carbonyl (C=O) groups is 1. The van der Waals surface area contributed by atoms with Crippen molar-refractivity contribution in [3.8, 4) is 0 Å². The Hall–Kier alpha value is -1.68. The molecule has 0 aromatic carbocycles. The highest BCUT2D eigenvalue weighted by Gasteiger charge is 2.21. The number of nitrogens with zero attached hydrogens (tertiary/aromatic N) is 2. The van der Waals surface area contributed by atoms with E-state index in [9.17, 15) is 4.79 Å².